The summed E-state index contributed by atoms with van der Waals surface area (Å²) in [4.78, 5) is 21.5. The zero-order chi connectivity index (χ0) is 10.2. The summed E-state index contributed by atoms with van der Waals surface area (Å²) in [7, 11) is 0. The maximum atomic E-state index is 10.7. The van der Waals surface area contributed by atoms with Crippen molar-refractivity contribution in [1.29, 1.82) is 0 Å². The smallest absolute Gasteiger partial charge is 0.321 e. The molecule has 0 amide bonds. The second kappa shape index (κ2) is 2.99. The molecule has 0 heterocycles. The van der Waals surface area contributed by atoms with E-state index in [9.17, 15) is 9.59 Å². The predicted octanol–water partition coefficient (Wildman–Crippen LogP) is -0.0672. The van der Waals surface area contributed by atoms with Crippen LogP contribution in [0, 0.1) is 11.3 Å². The zero-order valence-electron chi connectivity index (χ0n) is 7.23. The van der Waals surface area contributed by atoms with Gasteiger partial charge in [-0.3, -0.25) is 9.59 Å². The molecule has 0 unspecified atom stereocenters. The van der Waals surface area contributed by atoms with Crippen molar-refractivity contribution in [1.82, 2.24) is 0 Å². The van der Waals surface area contributed by atoms with Crippen molar-refractivity contribution in [2.75, 3.05) is 0 Å². The lowest BCUT2D eigenvalue weighted by atomic mass is 9.65. The van der Waals surface area contributed by atoms with Crippen LogP contribution in [0.5, 0.6) is 0 Å². The lowest BCUT2D eigenvalue weighted by Gasteiger charge is -2.39. The Hall–Kier alpha value is -1.10. The summed E-state index contributed by atoms with van der Waals surface area (Å²) in [6.45, 7) is 1.19. The van der Waals surface area contributed by atoms with E-state index in [1.54, 1.807) is 0 Å². The topological polar surface area (TPSA) is 94.8 Å². The molecule has 0 aliphatic heterocycles. The SMILES string of the molecule is CC(C(=O)O)(C(=O)O)C1CC(O)C1. The van der Waals surface area contributed by atoms with Crippen LogP contribution in [0.3, 0.4) is 0 Å². The van der Waals surface area contributed by atoms with Gasteiger partial charge in [0, 0.05) is 0 Å². The van der Waals surface area contributed by atoms with Crippen molar-refractivity contribution in [3.63, 3.8) is 0 Å². The van der Waals surface area contributed by atoms with Crippen molar-refractivity contribution in [3.8, 4) is 0 Å². The molecule has 5 heteroatoms. The fraction of sp³-hybridized carbons (Fsp3) is 0.750. The van der Waals surface area contributed by atoms with Crippen molar-refractivity contribution in [2.45, 2.75) is 25.9 Å². The second-order valence-corrected chi connectivity index (χ2v) is 3.63. The highest BCUT2D eigenvalue weighted by Gasteiger charge is 2.53. The molecular weight excluding hydrogens is 176 g/mol. The van der Waals surface area contributed by atoms with E-state index in [-0.39, 0.29) is 12.8 Å². The molecule has 0 radical (unpaired) electrons. The molecule has 1 aliphatic carbocycles. The molecule has 1 fully saturated rings. The summed E-state index contributed by atoms with van der Waals surface area (Å²) < 4.78 is 0. The molecule has 1 saturated carbocycles. The number of carboxylic acids is 2. The Morgan fingerprint density at radius 2 is 1.62 bits per heavy atom. The molecule has 5 nitrogen and oxygen atoms in total. The second-order valence-electron chi connectivity index (χ2n) is 3.63. The first kappa shape index (κ1) is 9.98. The predicted molar refractivity (Wildman–Crippen MR) is 42.1 cm³/mol. The molecule has 1 rings (SSSR count). The number of carboxylic acid groups (broad SMARTS) is 2. The minimum Gasteiger partial charge on any atom is -0.480 e. The molecule has 13 heavy (non-hydrogen) atoms. The van der Waals surface area contributed by atoms with Crippen LogP contribution in [0.15, 0.2) is 0 Å². The lowest BCUT2D eigenvalue weighted by molar-refractivity contribution is -0.173. The van der Waals surface area contributed by atoms with Gasteiger partial charge in [-0.25, -0.2) is 0 Å². The highest BCUT2D eigenvalue weighted by Crippen LogP contribution is 2.42. The summed E-state index contributed by atoms with van der Waals surface area (Å²) in [6, 6.07) is 0. The van der Waals surface area contributed by atoms with E-state index in [4.69, 9.17) is 15.3 Å². The number of rotatable bonds is 3. The largest absolute Gasteiger partial charge is 0.480 e. The summed E-state index contributed by atoms with van der Waals surface area (Å²) in [5.41, 5.74) is -1.75. The average Bonchev–Trinajstić information content (AvgIpc) is 1.96. The van der Waals surface area contributed by atoms with Crippen LogP contribution in [-0.2, 0) is 9.59 Å². The maximum Gasteiger partial charge on any atom is 0.321 e. The molecule has 0 atom stereocenters. The summed E-state index contributed by atoms with van der Waals surface area (Å²) in [5, 5.41) is 26.5. The first-order valence-electron chi connectivity index (χ1n) is 4.04. The van der Waals surface area contributed by atoms with Gasteiger partial charge in [0.25, 0.3) is 0 Å². The Balaban J connectivity index is 2.80. The molecule has 0 aromatic heterocycles. The van der Waals surface area contributed by atoms with Gasteiger partial charge in [0.05, 0.1) is 6.10 Å². The van der Waals surface area contributed by atoms with Crippen molar-refractivity contribution in [3.05, 3.63) is 0 Å². The van der Waals surface area contributed by atoms with Crippen LogP contribution < -0.4 is 0 Å². The quantitative estimate of drug-likeness (QED) is 0.539. The van der Waals surface area contributed by atoms with Crippen LogP contribution in [0.2, 0.25) is 0 Å². The Bertz CT molecular complexity index is 227. The van der Waals surface area contributed by atoms with Gasteiger partial charge in [-0.1, -0.05) is 0 Å². The number of hydrogen-bond donors (Lipinski definition) is 3. The van der Waals surface area contributed by atoms with Gasteiger partial charge in [0.2, 0.25) is 0 Å². The van der Waals surface area contributed by atoms with E-state index in [2.05, 4.69) is 0 Å². The first-order valence-corrected chi connectivity index (χ1v) is 4.04. The Kier molecular flexibility index (Phi) is 2.30. The molecule has 0 aromatic rings. The fourth-order valence-corrected chi connectivity index (χ4v) is 1.50. The molecule has 0 aromatic carbocycles. The number of hydrogen-bond acceptors (Lipinski definition) is 3. The molecule has 0 bridgehead atoms. The van der Waals surface area contributed by atoms with E-state index in [0.29, 0.717) is 0 Å². The summed E-state index contributed by atoms with van der Waals surface area (Å²) in [6.07, 6.45) is -0.0208. The minimum absolute atomic E-state index is 0.259. The van der Waals surface area contributed by atoms with E-state index in [0.717, 1.165) is 0 Å². The van der Waals surface area contributed by atoms with Gasteiger partial charge >= 0.3 is 11.9 Å². The molecule has 1 aliphatic rings. The van der Waals surface area contributed by atoms with Gasteiger partial charge in [-0.05, 0) is 25.7 Å². The number of carbonyl (C=O) groups is 2. The van der Waals surface area contributed by atoms with Gasteiger partial charge in [-0.15, -0.1) is 0 Å². The maximum absolute atomic E-state index is 10.7. The monoisotopic (exact) mass is 188 g/mol. The summed E-state index contributed by atoms with van der Waals surface area (Å²) >= 11 is 0. The molecule has 3 N–H and O–H groups in total. The Morgan fingerprint density at radius 1 is 1.23 bits per heavy atom. The van der Waals surface area contributed by atoms with Crippen molar-refractivity contribution < 1.29 is 24.9 Å². The number of aliphatic hydroxyl groups is 1. The third-order valence-corrected chi connectivity index (χ3v) is 2.82. The third kappa shape index (κ3) is 1.39. The molecule has 0 saturated heterocycles. The van der Waals surface area contributed by atoms with Crippen LogP contribution in [0.1, 0.15) is 19.8 Å². The van der Waals surface area contributed by atoms with Crippen LogP contribution in [0.25, 0.3) is 0 Å². The standard InChI is InChI=1S/C8H12O5/c1-8(6(10)11,7(12)13)4-2-5(9)3-4/h4-5,9H,2-3H2,1H3,(H,10,11)(H,12,13). The zero-order valence-corrected chi connectivity index (χ0v) is 7.23. The van der Waals surface area contributed by atoms with Crippen LogP contribution in [-0.4, -0.2) is 33.4 Å². The number of aliphatic hydroxyl groups excluding tert-OH is 1. The molecule has 0 spiro atoms. The Morgan fingerprint density at radius 3 is 1.85 bits per heavy atom. The Labute approximate surface area is 75.0 Å². The molecule has 74 valence electrons. The van der Waals surface area contributed by atoms with E-state index in [1.165, 1.54) is 6.92 Å². The van der Waals surface area contributed by atoms with Gasteiger partial charge in [0.15, 0.2) is 5.41 Å². The highest BCUT2D eigenvalue weighted by atomic mass is 16.4. The van der Waals surface area contributed by atoms with Crippen molar-refractivity contribution in [2.24, 2.45) is 11.3 Å². The van der Waals surface area contributed by atoms with E-state index in [1.807, 2.05) is 0 Å². The molecular formula is C8H12O5. The van der Waals surface area contributed by atoms with Gasteiger partial charge in [-0.2, -0.15) is 0 Å². The van der Waals surface area contributed by atoms with Gasteiger partial charge in [0.1, 0.15) is 0 Å². The normalized spacial score (nSPS) is 27.8. The highest BCUT2D eigenvalue weighted by molar-refractivity contribution is 5.98. The lowest BCUT2D eigenvalue weighted by Crippen LogP contribution is -2.49. The van der Waals surface area contributed by atoms with Crippen molar-refractivity contribution >= 4 is 11.9 Å². The van der Waals surface area contributed by atoms with E-state index < -0.39 is 29.4 Å². The summed E-state index contributed by atoms with van der Waals surface area (Å²) in [5.74, 6) is -3.13. The van der Waals surface area contributed by atoms with Crippen LogP contribution >= 0.6 is 0 Å². The fourth-order valence-electron chi connectivity index (χ4n) is 1.50. The van der Waals surface area contributed by atoms with E-state index >= 15 is 0 Å². The number of aliphatic carboxylic acids is 2. The average molecular weight is 188 g/mol. The van der Waals surface area contributed by atoms with Gasteiger partial charge < -0.3 is 15.3 Å². The minimum atomic E-state index is -1.75. The van der Waals surface area contributed by atoms with Crippen LogP contribution in [0.4, 0.5) is 0 Å². The first-order chi connectivity index (χ1) is 5.89. The third-order valence-electron chi connectivity index (χ3n) is 2.82.